The molecule has 0 amide bonds. The highest BCUT2D eigenvalue weighted by Gasteiger charge is 2.67. The largest absolute Gasteiger partial charge is 0.478 e. The number of aliphatic hydroxyl groups excluding tert-OH is 1. The van der Waals surface area contributed by atoms with Crippen molar-refractivity contribution in [3.63, 3.8) is 0 Å². The van der Waals surface area contributed by atoms with Crippen molar-refractivity contribution in [2.24, 2.45) is 39.4 Å². The van der Waals surface area contributed by atoms with Gasteiger partial charge in [-0.2, -0.15) is 0 Å². The summed E-state index contributed by atoms with van der Waals surface area (Å²) in [4.78, 5) is 37.9. The molecule has 5 heteroatoms. The molecule has 0 spiro atoms. The van der Waals surface area contributed by atoms with Gasteiger partial charge in [0.2, 0.25) is 0 Å². The second-order valence-electron chi connectivity index (χ2n) is 13.4. The van der Waals surface area contributed by atoms with E-state index >= 15 is 0 Å². The van der Waals surface area contributed by atoms with Crippen molar-refractivity contribution in [3.05, 3.63) is 22.8 Å². The third-order valence-electron chi connectivity index (χ3n) is 11.4. The van der Waals surface area contributed by atoms with Crippen LogP contribution in [0.3, 0.4) is 0 Å². The highest BCUT2D eigenvalue weighted by Crippen LogP contribution is 2.71. The van der Waals surface area contributed by atoms with Crippen molar-refractivity contribution in [2.45, 2.75) is 106 Å². The van der Waals surface area contributed by atoms with Crippen LogP contribution in [0.5, 0.6) is 0 Å². The minimum absolute atomic E-state index is 0.0644. The predicted octanol–water partition coefficient (Wildman–Crippen LogP) is 5.90. The zero-order valence-corrected chi connectivity index (χ0v) is 22.7. The zero-order chi connectivity index (χ0) is 26.1. The fourth-order valence-electron chi connectivity index (χ4n) is 9.05. The summed E-state index contributed by atoms with van der Waals surface area (Å²) in [6.07, 6.45) is 6.97. The molecule has 4 aliphatic rings. The second kappa shape index (κ2) is 8.39. The summed E-state index contributed by atoms with van der Waals surface area (Å²) in [7, 11) is 0. The van der Waals surface area contributed by atoms with Gasteiger partial charge >= 0.3 is 5.97 Å². The van der Waals surface area contributed by atoms with Crippen LogP contribution in [0.25, 0.3) is 0 Å². The van der Waals surface area contributed by atoms with Crippen LogP contribution >= 0.6 is 0 Å². The van der Waals surface area contributed by atoms with Crippen LogP contribution in [0.15, 0.2) is 22.8 Å². The number of ketones is 2. The number of hydrogen-bond donors (Lipinski definition) is 2. The molecule has 0 aromatic carbocycles. The molecule has 0 aromatic heterocycles. The highest BCUT2D eigenvalue weighted by molar-refractivity contribution is 6.01. The van der Waals surface area contributed by atoms with E-state index in [1.54, 1.807) is 6.92 Å². The average Bonchev–Trinajstić information content (AvgIpc) is 3.03. The lowest BCUT2D eigenvalue weighted by molar-refractivity contribution is -0.144. The van der Waals surface area contributed by atoms with Gasteiger partial charge < -0.3 is 10.2 Å². The molecule has 0 saturated heterocycles. The number of fused-ring (bicyclic) bond motifs is 4. The Balaban J connectivity index is 1.71. The van der Waals surface area contributed by atoms with Crippen LogP contribution in [0, 0.1) is 39.4 Å². The number of Topliss-reactive ketones (excluding diaryl/α,β-unsaturated/α-hetero) is 2. The number of carbonyl (C=O) groups excluding carboxylic acids is 2. The number of carboxylic acid groups (broad SMARTS) is 1. The van der Waals surface area contributed by atoms with Crippen LogP contribution in [-0.2, 0) is 14.4 Å². The summed E-state index contributed by atoms with van der Waals surface area (Å²) < 4.78 is 0. The Morgan fingerprint density at radius 1 is 1.14 bits per heavy atom. The zero-order valence-electron chi connectivity index (χ0n) is 22.7. The lowest BCUT2D eigenvalue weighted by Crippen LogP contribution is -2.59. The maximum Gasteiger partial charge on any atom is 0.330 e. The maximum atomic E-state index is 13.9. The van der Waals surface area contributed by atoms with E-state index in [9.17, 15) is 19.5 Å². The molecule has 0 unspecified atom stereocenters. The summed E-state index contributed by atoms with van der Waals surface area (Å²) in [5.41, 5.74) is 0.849. The fourth-order valence-corrected chi connectivity index (χ4v) is 9.05. The van der Waals surface area contributed by atoms with E-state index in [0.717, 1.165) is 36.8 Å². The summed E-state index contributed by atoms with van der Waals surface area (Å²) >= 11 is 0. The topological polar surface area (TPSA) is 91.7 Å². The average molecular weight is 485 g/mol. The number of carboxylic acids is 1. The molecule has 194 valence electrons. The van der Waals surface area contributed by atoms with E-state index in [2.05, 4.69) is 27.7 Å². The number of aliphatic hydroxyl groups is 1. The molecular formula is C30H44O5. The Kier molecular flexibility index (Phi) is 6.31. The van der Waals surface area contributed by atoms with Gasteiger partial charge in [0.15, 0.2) is 5.78 Å². The third-order valence-corrected chi connectivity index (χ3v) is 11.4. The van der Waals surface area contributed by atoms with Crippen LogP contribution in [0.2, 0.25) is 0 Å². The van der Waals surface area contributed by atoms with Gasteiger partial charge in [-0.25, -0.2) is 4.79 Å². The monoisotopic (exact) mass is 484 g/mol. The molecule has 0 aliphatic heterocycles. The van der Waals surface area contributed by atoms with Crippen molar-refractivity contribution < 1.29 is 24.6 Å². The van der Waals surface area contributed by atoms with Gasteiger partial charge in [0.1, 0.15) is 5.78 Å². The Hall–Kier alpha value is -1.75. The lowest BCUT2D eigenvalue weighted by Gasteiger charge is -2.61. The van der Waals surface area contributed by atoms with Crippen LogP contribution in [0.4, 0.5) is 0 Å². The molecule has 0 radical (unpaired) electrons. The minimum atomic E-state index is -0.872. The first-order valence-corrected chi connectivity index (χ1v) is 13.5. The molecule has 0 bridgehead atoms. The SMILES string of the molecule is CC(=CCC[C@H](C)[C@@H]1CC[C@]2(C)C3=C([C@@H](O)C[C@@]12C)[C@@]1(C)CCC(=O)C(C)(C)[C@@H]1CC3=O)C(=O)O. The smallest absolute Gasteiger partial charge is 0.330 e. The van der Waals surface area contributed by atoms with Crippen LogP contribution in [-0.4, -0.2) is 33.9 Å². The van der Waals surface area contributed by atoms with Crippen LogP contribution < -0.4 is 0 Å². The Morgan fingerprint density at radius 3 is 2.43 bits per heavy atom. The predicted molar refractivity (Wildman–Crippen MR) is 136 cm³/mol. The normalized spacial score (nSPS) is 41.8. The van der Waals surface area contributed by atoms with Crippen molar-refractivity contribution in [2.75, 3.05) is 0 Å². The number of rotatable bonds is 5. The first-order valence-electron chi connectivity index (χ1n) is 13.5. The number of carbonyl (C=O) groups is 3. The molecule has 2 saturated carbocycles. The molecule has 0 heterocycles. The Morgan fingerprint density at radius 2 is 1.80 bits per heavy atom. The molecule has 7 atom stereocenters. The number of hydrogen-bond acceptors (Lipinski definition) is 4. The van der Waals surface area contributed by atoms with E-state index in [0.29, 0.717) is 43.1 Å². The lowest BCUT2D eigenvalue weighted by atomic mass is 9.42. The molecule has 5 nitrogen and oxygen atoms in total. The molecule has 2 fully saturated rings. The Labute approximate surface area is 210 Å². The third kappa shape index (κ3) is 3.62. The van der Waals surface area contributed by atoms with Gasteiger partial charge in [-0.05, 0) is 79.6 Å². The summed E-state index contributed by atoms with van der Waals surface area (Å²) in [6, 6.07) is 0. The van der Waals surface area contributed by atoms with Gasteiger partial charge in [-0.3, -0.25) is 9.59 Å². The fraction of sp³-hybridized carbons (Fsp3) is 0.767. The summed E-state index contributed by atoms with van der Waals surface area (Å²) in [5, 5.41) is 20.9. The number of aliphatic carboxylic acids is 1. The van der Waals surface area contributed by atoms with E-state index in [4.69, 9.17) is 5.11 Å². The molecular weight excluding hydrogens is 440 g/mol. The Bertz CT molecular complexity index is 1020. The van der Waals surface area contributed by atoms with Gasteiger partial charge in [0, 0.05) is 34.8 Å². The second-order valence-corrected chi connectivity index (χ2v) is 13.4. The van der Waals surface area contributed by atoms with Crippen molar-refractivity contribution in [1.82, 2.24) is 0 Å². The van der Waals surface area contributed by atoms with Crippen molar-refractivity contribution >= 4 is 17.5 Å². The van der Waals surface area contributed by atoms with E-state index in [1.807, 2.05) is 19.9 Å². The highest BCUT2D eigenvalue weighted by atomic mass is 16.4. The van der Waals surface area contributed by atoms with E-state index in [-0.39, 0.29) is 33.7 Å². The van der Waals surface area contributed by atoms with E-state index in [1.165, 1.54) is 0 Å². The van der Waals surface area contributed by atoms with E-state index < -0.39 is 17.5 Å². The minimum Gasteiger partial charge on any atom is -0.478 e. The maximum absolute atomic E-state index is 13.9. The van der Waals surface area contributed by atoms with Crippen molar-refractivity contribution in [3.8, 4) is 0 Å². The molecule has 2 N–H and O–H groups in total. The first kappa shape index (κ1) is 26.3. The molecule has 35 heavy (non-hydrogen) atoms. The first-order chi connectivity index (χ1) is 16.1. The molecule has 4 rings (SSSR count). The molecule has 0 aromatic rings. The van der Waals surface area contributed by atoms with Gasteiger partial charge in [-0.15, -0.1) is 0 Å². The number of allylic oxidation sites excluding steroid dienone is 2. The molecule has 4 aliphatic carbocycles. The summed E-state index contributed by atoms with van der Waals surface area (Å²) in [5.74, 6) is 0.166. The quantitative estimate of drug-likeness (QED) is 0.474. The van der Waals surface area contributed by atoms with Crippen LogP contribution in [0.1, 0.15) is 99.8 Å². The van der Waals surface area contributed by atoms with Gasteiger partial charge in [0.25, 0.3) is 0 Å². The van der Waals surface area contributed by atoms with Gasteiger partial charge in [-0.1, -0.05) is 47.6 Å². The van der Waals surface area contributed by atoms with Crippen molar-refractivity contribution in [1.29, 1.82) is 0 Å². The van der Waals surface area contributed by atoms with Gasteiger partial charge in [0.05, 0.1) is 6.10 Å². The standard InChI is InChI=1S/C30H44O5/c1-17(9-8-10-18(2)26(34)35)19-11-14-29(6)25-20(31)15-22-27(3,4)23(33)12-13-28(22,5)24(25)21(32)16-30(19,29)7/h10,17,19,21-22,32H,8-9,11-16H2,1-7H3,(H,34,35)/t17-,19-,21-,22-,28-,29+,30-/m0/s1. The summed E-state index contributed by atoms with van der Waals surface area (Å²) in [6.45, 7) is 14.6.